The second-order valence-electron chi connectivity index (χ2n) is 8.86. The van der Waals surface area contributed by atoms with Gasteiger partial charge in [-0.25, -0.2) is 4.79 Å². The predicted molar refractivity (Wildman–Crippen MR) is 134 cm³/mol. The Balaban J connectivity index is 1.63. The fourth-order valence-corrected chi connectivity index (χ4v) is 4.61. The van der Waals surface area contributed by atoms with Gasteiger partial charge in [0, 0.05) is 31.4 Å². The Morgan fingerprint density at radius 2 is 1.77 bits per heavy atom. The summed E-state index contributed by atoms with van der Waals surface area (Å²) >= 11 is 0. The molecule has 2 aromatic heterocycles. The van der Waals surface area contributed by atoms with Crippen molar-refractivity contribution in [1.82, 2.24) is 18.7 Å². The second kappa shape index (κ2) is 8.90. The molecule has 1 atom stereocenters. The molecular weight excluding hydrogens is 446 g/mol. The molecule has 1 aliphatic heterocycles. The van der Waals surface area contributed by atoms with E-state index in [9.17, 15) is 14.4 Å². The van der Waals surface area contributed by atoms with Crippen molar-refractivity contribution < 1.29 is 9.53 Å². The summed E-state index contributed by atoms with van der Waals surface area (Å²) in [6.07, 6.45) is 0. The van der Waals surface area contributed by atoms with Gasteiger partial charge in [-0.15, -0.1) is 0 Å². The maximum absolute atomic E-state index is 13.6. The van der Waals surface area contributed by atoms with Gasteiger partial charge in [0.1, 0.15) is 5.75 Å². The number of aromatic nitrogens is 4. The lowest BCUT2D eigenvalue weighted by molar-refractivity contribution is 0.0969. The summed E-state index contributed by atoms with van der Waals surface area (Å²) in [6.45, 7) is 5.60. The lowest BCUT2D eigenvalue weighted by atomic mass is 10.1. The first-order valence-electron chi connectivity index (χ1n) is 11.7. The summed E-state index contributed by atoms with van der Waals surface area (Å²) in [4.78, 5) is 46.2. The maximum atomic E-state index is 13.6. The number of hydrogen-bond donors (Lipinski definition) is 0. The van der Waals surface area contributed by atoms with E-state index in [0.717, 1.165) is 16.0 Å². The molecule has 4 aromatic rings. The minimum atomic E-state index is -0.567. The van der Waals surface area contributed by atoms with Crippen LogP contribution in [0.2, 0.25) is 0 Å². The van der Waals surface area contributed by atoms with E-state index in [-0.39, 0.29) is 18.2 Å². The molecule has 180 valence electrons. The minimum absolute atomic E-state index is 0.225. The second-order valence-corrected chi connectivity index (χ2v) is 8.86. The summed E-state index contributed by atoms with van der Waals surface area (Å²) in [5, 5.41) is 0. The van der Waals surface area contributed by atoms with Crippen molar-refractivity contribution in [3.63, 3.8) is 0 Å². The van der Waals surface area contributed by atoms with Crippen molar-refractivity contribution in [3.05, 3.63) is 81.0 Å². The average molecular weight is 474 g/mol. The van der Waals surface area contributed by atoms with Gasteiger partial charge in [-0.3, -0.25) is 18.7 Å². The van der Waals surface area contributed by atoms with Crippen LogP contribution in [0.25, 0.3) is 11.2 Å². The zero-order valence-electron chi connectivity index (χ0n) is 20.0. The fourth-order valence-electron chi connectivity index (χ4n) is 4.61. The normalized spacial score (nSPS) is 15.3. The summed E-state index contributed by atoms with van der Waals surface area (Å²) in [7, 11) is 1.58. The van der Waals surface area contributed by atoms with Crippen LogP contribution < -0.4 is 20.9 Å². The molecular formula is C26H27N5O4. The van der Waals surface area contributed by atoms with Crippen molar-refractivity contribution in [2.45, 2.75) is 26.9 Å². The fraction of sp³-hybridized carbons (Fsp3) is 0.308. The van der Waals surface area contributed by atoms with Crippen LogP contribution in [0, 0.1) is 5.92 Å². The highest BCUT2D eigenvalue weighted by atomic mass is 16.5. The van der Waals surface area contributed by atoms with E-state index in [1.54, 1.807) is 31.3 Å². The summed E-state index contributed by atoms with van der Waals surface area (Å²) < 4.78 is 9.78. The third-order valence-electron chi connectivity index (χ3n) is 6.30. The molecule has 0 saturated carbocycles. The molecule has 0 radical (unpaired) electrons. The van der Waals surface area contributed by atoms with Gasteiger partial charge < -0.3 is 14.2 Å². The first-order valence-corrected chi connectivity index (χ1v) is 11.7. The van der Waals surface area contributed by atoms with Gasteiger partial charge in [-0.1, -0.05) is 37.3 Å². The molecule has 0 bridgehead atoms. The molecule has 2 aromatic carbocycles. The quantitative estimate of drug-likeness (QED) is 0.400. The van der Waals surface area contributed by atoms with Crippen LogP contribution >= 0.6 is 0 Å². The molecule has 0 spiro atoms. The predicted octanol–water partition coefficient (Wildman–Crippen LogP) is 2.97. The third kappa shape index (κ3) is 3.92. The van der Waals surface area contributed by atoms with Gasteiger partial charge >= 0.3 is 5.69 Å². The monoisotopic (exact) mass is 473 g/mol. The van der Waals surface area contributed by atoms with Gasteiger partial charge in [0.05, 0.1) is 13.2 Å². The Labute approximate surface area is 201 Å². The highest BCUT2D eigenvalue weighted by Crippen LogP contribution is 2.33. The first kappa shape index (κ1) is 22.6. The lowest BCUT2D eigenvalue weighted by Gasteiger charge is -2.33. The Morgan fingerprint density at radius 1 is 1.06 bits per heavy atom. The molecule has 0 aliphatic carbocycles. The number of ketones is 1. The van der Waals surface area contributed by atoms with Crippen molar-refractivity contribution in [3.8, 4) is 5.75 Å². The first-order chi connectivity index (χ1) is 16.9. The molecule has 5 rings (SSSR count). The van der Waals surface area contributed by atoms with Crippen molar-refractivity contribution in [2.75, 3.05) is 18.1 Å². The number of fused-ring (bicyclic) bond motifs is 3. The number of carbonyl (C=O) groups is 1. The standard InChI is InChI=1S/C26H27N5O4/c1-4-35-20-12-10-19(11-13-20)29-14-17(2)15-30-22-23(27-25(29)30)28(3)26(34)31(24(22)33)16-21(32)18-8-6-5-7-9-18/h5-13,17H,4,14-16H2,1-3H3/t17-/m0/s1. The third-order valence-corrected chi connectivity index (χ3v) is 6.30. The number of Topliss-reactive ketones (excluding diaryl/α,β-unsaturated/α-hetero) is 1. The van der Waals surface area contributed by atoms with Crippen LogP contribution in [0.5, 0.6) is 5.75 Å². The Bertz CT molecular complexity index is 1520. The highest BCUT2D eigenvalue weighted by Gasteiger charge is 2.30. The summed E-state index contributed by atoms with van der Waals surface area (Å²) in [6, 6.07) is 16.4. The van der Waals surface area contributed by atoms with Crippen molar-refractivity contribution >= 4 is 28.6 Å². The number of anilines is 2. The molecule has 9 heteroatoms. The van der Waals surface area contributed by atoms with Gasteiger partial charge in [0.15, 0.2) is 16.9 Å². The van der Waals surface area contributed by atoms with Gasteiger partial charge in [0.2, 0.25) is 5.95 Å². The zero-order valence-corrected chi connectivity index (χ0v) is 20.0. The van der Waals surface area contributed by atoms with E-state index >= 15 is 0 Å². The largest absolute Gasteiger partial charge is 0.494 e. The van der Waals surface area contributed by atoms with Crippen LogP contribution in [0.4, 0.5) is 11.6 Å². The number of nitrogens with zero attached hydrogens (tertiary/aromatic N) is 5. The zero-order chi connectivity index (χ0) is 24.7. The molecule has 9 nitrogen and oxygen atoms in total. The average Bonchev–Trinajstić information content (AvgIpc) is 3.25. The van der Waals surface area contributed by atoms with Crippen LogP contribution in [0.3, 0.4) is 0 Å². The molecule has 0 amide bonds. The molecule has 0 unspecified atom stereocenters. The number of aryl methyl sites for hydroxylation is 1. The molecule has 0 N–H and O–H groups in total. The van der Waals surface area contributed by atoms with Crippen LogP contribution in [-0.2, 0) is 20.1 Å². The Kier molecular flexibility index (Phi) is 5.76. The van der Waals surface area contributed by atoms with E-state index in [0.29, 0.717) is 42.4 Å². The topological polar surface area (TPSA) is 91.4 Å². The number of hydrogen-bond acceptors (Lipinski definition) is 6. The van der Waals surface area contributed by atoms with E-state index in [4.69, 9.17) is 9.72 Å². The summed E-state index contributed by atoms with van der Waals surface area (Å²) in [5.41, 5.74) is 0.928. The van der Waals surface area contributed by atoms with E-state index in [2.05, 4.69) is 6.92 Å². The molecule has 0 saturated heterocycles. The smallest absolute Gasteiger partial charge is 0.332 e. The number of benzene rings is 2. The van der Waals surface area contributed by atoms with Crippen molar-refractivity contribution in [2.24, 2.45) is 13.0 Å². The van der Waals surface area contributed by atoms with Gasteiger partial charge in [0.25, 0.3) is 5.56 Å². The van der Waals surface area contributed by atoms with E-state index in [1.165, 1.54) is 4.57 Å². The summed E-state index contributed by atoms with van der Waals surface area (Å²) in [5.74, 6) is 1.30. The van der Waals surface area contributed by atoms with E-state index in [1.807, 2.05) is 46.7 Å². The van der Waals surface area contributed by atoms with E-state index < -0.39 is 11.2 Å². The lowest BCUT2D eigenvalue weighted by Crippen LogP contribution is -2.42. The SMILES string of the molecule is CCOc1ccc(N2C[C@H](C)Cn3c2nc2c3c(=O)n(CC(=O)c3ccccc3)c(=O)n2C)cc1. The number of imidazole rings is 1. The van der Waals surface area contributed by atoms with Crippen LogP contribution in [-0.4, -0.2) is 37.6 Å². The Hall–Kier alpha value is -4.14. The van der Waals surface area contributed by atoms with Crippen LogP contribution in [0.15, 0.2) is 64.2 Å². The van der Waals surface area contributed by atoms with Crippen molar-refractivity contribution in [1.29, 1.82) is 0 Å². The van der Waals surface area contributed by atoms with Gasteiger partial charge in [-0.2, -0.15) is 4.98 Å². The molecule has 0 fully saturated rings. The van der Waals surface area contributed by atoms with Crippen LogP contribution in [0.1, 0.15) is 24.2 Å². The maximum Gasteiger partial charge on any atom is 0.332 e. The number of carbonyl (C=O) groups excluding carboxylic acids is 1. The Morgan fingerprint density at radius 3 is 2.46 bits per heavy atom. The molecule has 35 heavy (non-hydrogen) atoms. The highest BCUT2D eigenvalue weighted by molar-refractivity contribution is 5.96. The minimum Gasteiger partial charge on any atom is -0.494 e. The molecule has 3 heterocycles. The number of rotatable bonds is 6. The molecule has 1 aliphatic rings. The number of ether oxygens (including phenoxy) is 1. The van der Waals surface area contributed by atoms with Gasteiger partial charge in [-0.05, 0) is 37.1 Å².